The number of amides is 1. The molecule has 1 aromatic rings. The van der Waals surface area contributed by atoms with Gasteiger partial charge >= 0.3 is 0 Å². The second kappa shape index (κ2) is 6.50. The van der Waals surface area contributed by atoms with Gasteiger partial charge in [-0.05, 0) is 31.9 Å². The van der Waals surface area contributed by atoms with Crippen LogP contribution in [0.25, 0.3) is 0 Å². The molecule has 0 aliphatic heterocycles. The second-order valence-corrected chi connectivity index (χ2v) is 4.91. The Bertz CT molecular complexity index is 374. The number of nitrogens with zero attached hydrogens (tertiary/aromatic N) is 1. The molecule has 0 unspecified atom stereocenters. The maximum Gasteiger partial charge on any atom is 0.234 e. The zero-order valence-electron chi connectivity index (χ0n) is 10.9. The highest BCUT2D eigenvalue weighted by molar-refractivity contribution is 5.78. The van der Waals surface area contributed by atoms with Crippen LogP contribution in [-0.2, 0) is 4.79 Å². The van der Waals surface area contributed by atoms with Crippen molar-refractivity contribution < 1.29 is 4.79 Å². The number of carbonyl (C=O) groups excluding carboxylic acids is 1. The van der Waals surface area contributed by atoms with Crippen molar-refractivity contribution in [1.82, 2.24) is 15.6 Å². The van der Waals surface area contributed by atoms with Gasteiger partial charge < -0.3 is 10.6 Å². The van der Waals surface area contributed by atoms with Crippen LogP contribution in [0.3, 0.4) is 0 Å². The lowest BCUT2D eigenvalue weighted by atomic mass is 10.2. The Balaban J connectivity index is 1.73. The summed E-state index contributed by atoms with van der Waals surface area (Å²) in [6, 6.07) is 6.22. The van der Waals surface area contributed by atoms with Crippen molar-refractivity contribution >= 4 is 5.91 Å². The van der Waals surface area contributed by atoms with Crippen molar-refractivity contribution in [2.75, 3.05) is 6.54 Å². The van der Waals surface area contributed by atoms with E-state index in [1.54, 1.807) is 6.20 Å². The first kappa shape index (κ1) is 13.0. The van der Waals surface area contributed by atoms with Gasteiger partial charge in [-0.3, -0.25) is 9.78 Å². The molecule has 1 aliphatic carbocycles. The Kier molecular flexibility index (Phi) is 4.70. The smallest absolute Gasteiger partial charge is 0.234 e. The summed E-state index contributed by atoms with van der Waals surface area (Å²) < 4.78 is 0. The van der Waals surface area contributed by atoms with Crippen LogP contribution in [0, 0.1) is 0 Å². The molecule has 2 rings (SSSR count). The van der Waals surface area contributed by atoms with E-state index in [-0.39, 0.29) is 11.9 Å². The Morgan fingerprint density at radius 1 is 1.44 bits per heavy atom. The summed E-state index contributed by atoms with van der Waals surface area (Å²) in [6.45, 7) is 2.36. The summed E-state index contributed by atoms with van der Waals surface area (Å²) in [7, 11) is 0. The van der Waals surface area contributed by atoms with Crippen LogP contribution < -0.4 is 10.6 Å². The molecule has 98 valence electrons. The molecular weight excluding hydrogens is 226 g/mol. The topological polar surface area (TPSA) is 54.0 Å². The standard InChI is InChI=1S/C14H21N3O/c1-11(13-8-4-5-9-15-13)17-14(18)10-16-12-6-2-3-7-12/h4-5,8-9,11-12,16H,2-3,6-7,10H2,1H3,(H,17,18)/t11-/m1/s1. The zero-order valence-corrected chi connectivity index (χ0v) is 10.9. The van der Waals surface area contributed by atoms with Crippen LogP contribution in [0.1, 0.15) is 44.3 Å². The Morgan fingerprint density at radius 3 is 2.89 bits per heavy atom. The molecule has 1 amide bonds. The van der Waals surface area contributed by atoms with E-state index in [0.717, 1.165) is 5.69 Å². The summed E-state index contributed by atoms with van der Waals surface area (Å²) in [6.07, 6.45) is 6.70. The SMILES string of the molecule is C[C@@H](NC(=O)CNC1CCCC1)c1ccccn1. The molecule has 2 N–H and O–H groups in total. The molecule has 0 spiro atoms. The number of carbonyl (C=O) groups is 1. The lowest BCUT2D eigenvalue weighted by Crippen LogP contribution is -2.39. The Morgan fingerprint density at radius 2 is 2.22 bits per heavy atom. The van der Waals surface area contributed by atoms with Gasteiger partial charge in [0.2, 0.25) is 5.91 Å². The third-order valence-electron chi connectivity index (χ3n) is 3.42. The van der Waals surface area contributed by atoms with Crippen molar-refractivity contribution in [1.29, 1.82) is 0 Å². The van der Waals surface area contributed by atoms with Crippen molar-refractivity contribution in [2.24, 2.45) is 0 Å². The molecular formula is C14H21N3O. The third kappa shape index (κ3) is 3.81. The van der Waals surface area contributed by atoms with E-state index in [1.165, 1.54) is 25.7 Å². The highest BCUT2D eigenvalue weighted by Gasteiger charge is 2.16. The molecule has 1 heterocycles. The number of aromatic nitrogens is 1. The average Bonchev–Trinajstić information content (AvgIpc) is 2.90. The molecule has 1 atom stereocenters. The van der Waals surface area contributed by atoms with Crippen LogP contribution >= 0.6 is 0 Å². The molecule has 1 saturated carbocycles. The molecule has 0 radical (unpaired) electrons. The van der Waals surface area contributed by atoms with Crippen LogP contribution in [0.4, 0.5) is 0 Å². The largest absolute Gasteiger partial charge is 0.347 e. The summed E-state index contributed by atoms with van der Waals surface area (Å²) in [5.41, 5.74) is 0.895. The molecule has 4 nitrogen and oxygen atoms in total. The molecule has 0 saturated heterocycles. The van der Waals surface area contributed by atoms with Gasteiger partial charge in [0.1, 0.15) is 0 Å². The van der Waals surface area contributed by atoms with E-state index in [0.29, 0.717) is 12.6 Å². The van der Waals surface area contributed by atoms with Crippen LogP contribution in [-0.4, -0.2) is 23.5 Å². The Labute approximate surface area is 108 Å². The van der Waals surface area contributed by atoms with Crippen LogP contribution in [0.15, 0.2) is 24.4 Å². The molecule has 1 aliphatic rings. The van der Waals surface area contributed by atoms with Crippen molar-refractivity contribution in [3.8, 4) is 0 Å². The maximum absolute atomic E-state index is 11.8. The zero-order chi connectivity index (χ0) is 12.8. The van der Waals surface area contributed by atoms with E-state index in [2.05, 4.69) is 15.6 Å². The van der Waals surface area contributed by atoms with Crippen molar-refractivity contribution in [2.45, 2.75) is 44.7 Å². The van der Waals surface area contributed by atoms with E-state index in [1.807, 2.05) is 25.1 Å². The minimum Gasteiger partial charge on any atom is -0.347 e. The number of nitrogens with one attached hydrogen (secondary N) is 2. The highest BCUT2D eigenvalue weighted by atomic mass is 16.1. The second-order valence-electron chi connectivity index (χ2n) is 4.91. The van der Waals surface area contributed by atoms with Gasteiger partial charge in [0.15, 0.2) is 0 Å². The predicted molar refractivity (Wildman–Crippen MR) is 71.1 cm³/mol. The molecule has 1 fully saturated rings. The molecule has 0 aromatic carbocycles. The highest BCUT2D eigenvalue weighted by Crippen LogP contribution is 2.17. The molecule has 1 aromatic heterocycles. The average molecular weight is 247 g/mol. The summed E-state index contributed by atoms with van der Waals surface area (Å²) in [4.78, 5) is 16.0. The van der Waals surface area contributed by atoms with Crippen molar-refractivity contribution in [3.05, 3.63) is 30.1 Å². The maximum atomic E-state index is 11.8. The summed E-state index contributed by atoms with van der Waals surface area (Å²) >= 11 is 0. The van der Waals surface area contributed by atoms with E-state index < -0.39 is 0 Å². The molecule has 0 bridgehead atoms. The summed E-state index contributed by atoms with van der Waals surface area (Å²) in [5, 5.41) is 6.26. The van der Waals surface area contributed by atoms with Gasteiger partial charge in [-0.1, -0.05) is 18.9 Å². The number of hydrogen-bond donors (Lipinski definition) is 2. The third-order valence-corrected chi connectivity index (χ3v) is 3.42. The van der Waals surface area contributed by atoms with Gasteiger partial charge in [0, 0.05) is 12.2 Å². The number of hydrogen-bond acceptors (Lipinski definition) is 3. The first-order chi connectivity index (χ1) is 8.75. The van der Waals surface area contributed by atoms with Gasteiger partial charge in [0.25, 0.3) is 0 Å². The first-order valence-corrected chi connectivity index (χ1v) is 6.69. The van der Waals surface area contributed by atoms with Crippen molar-refractivity contribution in [3.63, 3.8) is 0 Å². The number of pyridine rings is 1. The van der Waals surface area contributed by atoms with E-state index in [4.69, 9.17) is 0 Å². The molecule has 4 heteroatoms. The lowest BCUT2D eigenvalue weighted by Gasteiger charge is -2.15. The Hall–Kier alpha value is -1.42. The van der Waals surface area contributed by atoms with Crippen LogP contribution in [0.2, 0.25) is 0 Å². The minimum absolute atomic E-state index is 0.0379. The lowest BCUT2D eigenvalue weighted by molar-refractivity contribution is -0.121. The van der Waals surface area contributed by atoms with Crippen LogP contribution in [0.5, 0.6) is 0 Å². The fourth-order valence-electron chi connectivity index (χ4n) is 2.37. The molecule has 18 heavy (non-hydrogen) atoms. The van der Waals surface area contributed by atoms with Gasteiger partial charge in [-0.15, -0.1) is 0 Å². The minimum atomic E-state index is -0.0379. The van der Waals surface area contributed by atoms with E-state index >= 15 is 0 Å². The predicted octanol–water partition coefficient (Wildman–Crippen LogP) is 1.79. The fourth-order valence-corrected chi connectivity index (χ4v) is 2.37. The normalized spacial score (nSPS) is 17.6. The van der Waals surface area contributed by atoms with Gasteiger partial charge in [0.05, 0.1) is 18.3 Å². The van der Waals surface area contributed by atoms with Gasteiger partial charge in [-0.2, -0.15) is 0 Å². The number of rotatable bonds is 5. The quantitative estimate of drug-likeness (QED) is 0.834. The summed E-state index contributed by atoms with van der Waals surface area (Å²) in [5.74, 6) is 0.0417. The van der Waals surface area contributed by atoms with E-state index in [9.17, 15) is 4.79 Å². The monoisotopic (exact) mass is 247 g/mol. The first-order valence-electron chi connectivity index (χ1n) is 6.69. The van der Waals surface area contributed by atoms with Gasteiger partial charge in [-0.25, -0.2) is 0 Å². The fraction of sp³-hybridized carbons (Fsp3) is 0.571.